The quantitative estimate of drug-likeness (QED) is 0.745. The monoisotopic (exact) mass is 242 g/mol. The number of thiocarbonyl (C=S) groups is 1. The molecule has 2 N–H and O–H groups in total. The number of hydrogen-bond acceptors (Lipinski definition) is 3. The molecule has 92 valence electrons. The fourth-order valence-electron chi connectivity index (χ4n) is 2.86. The Kier molecular flexibility index (Phi) is 4.55. The third-order valence-electron chi connectivity index (χ3n) is 3.66. The van der Waals surface area contributed by atoms with Gasteiger partial charge in [-0.05, 0) is 25.7 Å². The Bertz CT molecular complexity index is 235. The number of hydrogen-bond donors (Lipinski definition) is 1. The highest BCUT2D eigenvalue weighted by molar-refractivity contribution is 7.80. The summed E-state index contributed by atoms with van der Waals surface area (Å²) in [7, 11) is 0. The molecular weight excluding hydrogens is 220 g/mol. The molecule has 16 heavy (non-hydrogen) atoms. The lowest BCUT2D eigenvalue weighted by molar-refractivity contribution is 0.0645. The minimum Gasteiger partial charge on any atom is -0.392 e. The molecule has 1 saturated heterocycles. The third kappa shape index (κ3) is 3.40. The van der Waals surface area contributed by atoms with Gasteiger partial charge in [0, 0.05) is 25.7 Å². The van der Waals surface area contributed by atoms with E-state index >= 15 is 0 Å². The van der Waals surface area contributed by atoms with Crippen molar-refractivity contribution in [3.63, 3.8) is 0 Å². The van der Waals surface area contributed by atoms with Gasteiger partial charge in [0.15, 0.2) is 0 Å². The molecule has 1 unspecified atom stereocenters. The summed E-state index contributed by atoms with van der Waals surface area (Å²) in [5, 5.41) is 0. The molecule has 1 atom stereocenters. The van der Waals surface area contributed by atoms with Crippen LogP contribution in [-0.2, 0) is 4.74 Å². The maximum atomic E-state index is 5.70. The summed E-state index contributed by atoms with van der Waals surface area (Å²) >= 11 is 5.04. The molecule has 0 radical (unpaired) electrons. The van der Waals surface area contributed by atoms with Crippen LogP contribution in [0.3, 0.4) is 0 Å². The predicted octanol–water partition coefficient (Wildman–Crippen LogP) is 1.70. The molecule has 2 fully saturated rings. The van der Waals surface area contributed by atoms with Crippen molar-refractivity contribution in [1.82, 2.24) is 4.90 Å². The van der Waals surface area contributed by atoms with Crippen LogP contribution in [0, 0.1) is 0 Å². The van der Waals surface area contributed by atoms with Crippen molar-refractivity contribution < 1.29 is 4.74 Å². The summed E-state index contributed by atoms with van der Waals surface area (Å²) < 4.78 is 5.70. The molecule has 4 heteroatoms. The van der Waals surface area contributed by atoms with E-state index in [0.717, 1.165) is 19.7 Å². The highest BCUT2D eigenvalue weighted by Gasteiger charge is 2.26. The average molecular weight is 242 g/mol. The molecule has 0 amide bonds. The molecular formula is C12H22N2OS. The lowest BCUT2D eigenvalue weighted by atomic mass is 10.1. The molecule has 1 saturated carbocycles. The molecule has 0 bridgehead atoms. The van der Waals surface area contributed by atoms with E-state index in [2.05, 4.69) is 4.90 Å². The normalized spacial score (nSPS) is 26.7. The number of nitrogens with zero attached hydrogens (tertiary/aromatic N) is 1. The SMILES string of the molecule is NC(=S)CN(CC1CCCO1)C1CCCC1. The van der Waals surface area contributed by atoms with Gasteiger partial charge in [0.1, 0.15) is 0 Å². The fraction of sp³-hybridized carbons (Fsp3) is 0.917. The molecule has 2 aliphatic rings. The van der Waals surface area contributed by atoms with Crippen LogP contribution in [0.2, 0.25) is 0 Å². The van der Waals surface area contributed by atoms with Crippen LogP contribution in [0.15, 0.2) is 0 Å². The lowest BCUT2D eigenvalue weighted by Gasteiger charge is -2.30. The second-order valence-corrected chi connectivity index (χ2v) is 5.49. The van der Waals surface area contributed by atoms with Gasteiger partial charge < -0.3 is 10.5 Å². The van der Waals surface area contributed by atoms with Crippen molar-refractivity contribution in [3.8, 4) is 0 Å². The van der Waals surface area contributed by atoms with Gasteiger partial charge in [-0.25, -0.2) is 0 Å². The van der Waals surface area contributed by atoms with E-state index in [1.165, 1.54) is 38.5 Å². The summed E-state index contributed by atoms with van der Waals surface area (Å²) in [4.78, 5) is 3.07. The van der Waals surface area contributed by atoms with Crippen molar-refractivity contribution in [3.05, 3.63) is 0 Å². The summed E-state index contributed by atoms with van der Waals surface area (Å²) in [5.41, 5.74) is 5.68. The Morgan fingerprint density at radius 2 is 2.00 bits per heavy atom. The zero-order valence-electron chi connectivity index (χ0n) is 9.86. The van der Waals surface area contributed by atoms with E-state index in [1.54, 1.807) is 0 Å². The zero-order chi connectivity index (χ0) is 11.4. The molecule has 3 nitrogen and oxygen atoms in total. The topological polar surface area (TPSA) is 38.5 Å². The second kappa shape index (κ2) is 5.94. The van der Waals surface area contributed by atoms with Crippen molar-refractivity contribution in [2.75, 3.05) is 19.7 Å². The van der Waals surface area contributed by atoms with Crippen molar-refractivity contribution in [2.45, 2.75) is 50.7 Å². The Morgan fingerprint density at radius 1 is 1.25 bits per heavy atom. The zero-order valence-corrected chi connectivity index (χ0v) is 10.7. The fourth-order valence-corrected chi connectivity index (χ4v) is 3.03. The van der Waals surface area contributed by atoms with Crippen LogP contribution in [0.4, 0.5) is 0 Å². The van der Waals surface area contributed by atoms with Gasteiger partial charge in [-0.3, -0.25) is 4.90 Å². The van der Waals surface area contributed by atoms with Gasteiger partial charge in [0.25, 0.3) is 0 Å². The van der Waals surface area contributed by atoms with Crippen molar-refractivity contribution in [2.24, 2.45) is 5.73 Å². The van der Waals surface area contributed by atoms with E-state index in [9.17, 15) is 0 Å². The molecule has 0 aromatic rings. The smallest absolute Gasteiger partial charge is 0.0870 e. The van der Waals surface area contributed by atoms with Gasteiger partial charge in [0.2, 0.25) is 0 Å². The first kappa shape index (κ1) is 12.3. The van der Waals surface area contributed by atoms with Crippen molar-refractivity contribution >= 4 is 17.2 Å². The lowest BCUT2D eigenvalue weighted by Crippen LogP contribution is -2.43. The minimum atomic E-state index is 0.412. The van der Waals surface area contributed by atoms with E-state index in [0.29, 0.717) is 17.1 Å². The largest absolute Gasteiger partial charge is 0.392 e. The number of rotatable bonds is 5. The number of nitrogens with two attached hydrogens (primary N) is 1. The first-order chi connectivity index (χ1) is 7.75. The third-order valence-corrected chi connectivity index (χ3v) is 3.79. The van der Waals surface area contributed by atoms with Gasteiger partial charge in [0.05, 0.1) is 11.1 Å². The van der Waals surface area contributed by atoms with Crippen LogP contribution in [0.1, 0.15) is 38.5 Å². The van der Waals surface area contributed by atoms with Crippen LogP contribution in [0.5, 0.6) is 0 Å². The van der Waals surface area contributed by atoms with Gasteiger partial charge in [-0.2, -0.15) is 0 Å². The summed E-state index contributed by atoms with van der Waals surface area (Å²) in [6.45, 7) is 2.71. The maximum Gasteiger partial charge on any atom is 0.0870 e. The van der Waals surface area contributed by atoms with E-state index in [1.807, 2.05) is 0 Å². The van der Waals surface area contributed by atoms with Crippen LogP contribution < -0.4 is 5.73 Å². The minimum absolute atomic E-state index is 0.412. The standard InChI is InChI=1S/C12H22N2OS/c13-12(16)9-14(10-4-1-2-5-10)8-11-6-3-7-15-11/h10-11H,1-9H2,(H2,13,16). The predicted molar refractivity (Wildman–Crippen MR) is 69.6 cm³/mol. The highest BCUT2D eigenvalue weighted by Crippen LogP contribution is 2.25. The molecule has 0 aromatic heterocycles. The Morgan fingerprint density at radius 3 is 2.56 bits per heavy atom. The molecule has 1 aliphatic carbocycles. The van der Waals surface area contributed by atoms with E-state index < -0.39 is 0 Å². The van der Waals surface area contributed by atoms with Gasteiger partial charge in [-0.1, -0.05) is 25.1 Å². The summed E-state index contributed by atoms with van der Waals surface area (Å²) in [5.74, 6) is 0. The van der Waals surface area contributed by atoms with Gasteiger partial charge in [-0.15, -0.1) is 0 Å². The first-order valence-electron chi connectivity index (χ1n) is 6.39. The highest BCUT2D eigenvalue weighted by atomic mass is 32.1. The molecule has 0 aromatic carbocycles. The molecule has 0 spiro atoms. The molecule has 2 rings (SSSR count). The second-order valence-electron chi connectivity index (χ2n) is 4.97. The number of ether oxygens (including phenoxy) is 1. The van der Waals surface area contributed by atoms with Crippen molar-refractivity contribution in [1.29, 1.82) is 0 Å². The first-order valence-corrected chi connectivity index (χ1v) is 6.80. The van der Waals surface area contributed by atoms with Gasteiger partial charge >= 0.3 is 0 Å². The summed E-state index contributed by atoms with van der Waals surface area (Å²) in [6.07, 6.45) is 8.12. The van der Waals surface area contributed by atoms with Crippen LogP contribution >= 0.6 is 12.2 Å². The van der Waals surface area contributed by atoms with E-state index in [4.69, 9.17) is 22.7 Å². The maximum absolute atomic E-state index is 5.70. The average Bonchev–Trinajstić information content (AvgIpc) is 2.88. The Balaban J connectivity index is 1.87. The van der Waals surface area contributed by atoms with Crippen LogP contribution in [0.25, 0.3) is 0 Å². The summed E-state index contributed by atoms with van der Waals surface area (Å²) in [6, 6.07) is 0.686. The molecule has 1 aliphatic heterocycles. The van der Waals surface area contributed by atoms with E-state index in [-0.39, 0.29) is 0 Å². The Hall–Kier alpha value is -0.190. The molecule has 1 heterocycles. The Labute approximate surface area is 103 Å². The van der Waals surface area contributed by atoms with Crippen LogP contribution in [-0.4, -0.2) is 41.7 Å².